The van der Waals surface area contributed by atoms with Crippen LogP contribution in [0.25, 0.3) is 0 Å². The molecule has 0 radical (unpaired) electrons. The Morgan fingerprint density at radius 1 is 1.55 bits per heavy atom. The topological polar surface area (TPSA) is 84.3 Å². The maximum Gasteiger partial charge on any atom is 0.311 e. The zero-order valence-electron chi connectivity index (χ0n) is 12.1. The Bertz CT molecular complexity index is 492. The minimum absolute atomic E-state index is 0.0234. The quantitative estimate of drug-likeness (QED) is 0.860. The molecule has 1 aliphatic carbocycles. The van der Waals surface area contributed by atoms with Crippen LogP contribution in [0.1, 0.15) is 40.0 Å². The minimum atomic E-state index is -0.768. The van der Waals surface area contributed by atoms with Crippen molar-refractivity contribution in [2.24, 2.45) is 5.41 Å². The Labute approximate surface area is 118 Å². The number of nitrogens with one attached hydrogen (secondary N) is 1. The van der Waals surface area contributed by atoms with Crippen molar-refractivity contribution in [2.75, 3.05) is 5.32 Å². The largest absolute Gasteiger partial charge is 0.481 e. The van der Waals surface area contributed by atoms with Gasteiger partial charge in [0.25, 0.3) is 0 Å². The van der Waals surface area contributed by atoms with Gasteiger partial charge in [-0.1, -0.05) is 6.42 Å². The van der Waals surface area contributed by atoms with Crippen LogP contribution in [0.3, 0.4) is 0 Å². The van der Waals surface area contributed by atoms with Crippen LogP contribution in [0, 0.1) is 5.41 Å². The third-order valence-corrected chi connectivity index (χ3v) is 3.74. The number of nitrogens with zero attached hydrogens (tertiary/aromatic N) is 2. The summed E-state index contributed by atoms with van der Waals surface area (Å²) in [6, 6.07) is -0.136. The van der Waals surface area contributed by atoms with Gasteiger partial charge in [0.15, 0.2) is 0 Å². The molecule has 6 nitrogen and oxygen atoms in total. The second kappa shape index (κ2) is 5.64. The molecular formula is C14H21N3O3. The molecule has 1 aliphatic rings. The second-order valence-electron chi connectivity index (χ2n) is 5.72. The van der Waals surface area contributed by atoms with Gasteiger partial charge in [-0.25, -0.2) is 0 Å². The van der Waals surface area contributed by atoms with Crippen molar-refractivity contribution in [1.82, 2.24) is 9.97 Å². The van der Waals surface area contributed by atoms with Crippen molar-refractivity contribution < 1.29 is 14.6 Å². The zero-order valence-corrected chi connectivity index (χ0v) is 12.1. The number of anilines is 1. The normalized spacial score (nSPS) is 25.7. The molecule has 0 aliphatic heterocycles. The molecule has 2 N–H and O–H groups in total. The molecule has 2 rings (SSSR count). The fourth-order valence-corrected chi connectivity index (χ4v) is 2.55. The fraction of sp³-hybridized carbons (Fsp3) is 0.643. The van der Waals surface area contributed by atoms with E-state index in [1.165, 1.54) is 0 Å². The lowest BCUT2D eigenvalue weighted by Gasteiger charge is -2.28. The monoisotopic (exact) mass is 279 g/mol. The summed E-state index contributed by atoms with van der Waals surface area (Å²) in [6.45, 7) is 5.61. The maximum absolute atomic E-state index is 11.4. The molecule has 0 aromatic carbocycles. The molecule has 0 spiro atoms. The molecule has 6 heteroatoms. The summed E-state index contributed by atoms with van der Waals surface area (Å²) in [5, 5.41) is 12.6. The van der Waals surface area contributed by atoms with Crippen molar-refractivity contribution in [3.8, 4) is 5.88 Å². The van der Waals surface area contributed by atoms with Crippen molar-refractivity contribution in [3.05, 3.63) is 12.4 Å². The minimum Gasteiger partial charge on any atom is -0.481 e. The lowest BCUT2D eigenvalue weighted by Crippen LogP contribution is -2.40. The predicted molar refractivity (Wildman–Crippen MR) is 74.8 cm³/mol. The van der Waals surface area contributed by atoms with E-state index >= 15 is 0 Å². The van der Waals surface area contributed by atoms with Crippen LogP contribution in [-0.4, -0.2) is 33.2 Å². The van der Waals surface area contributed by atoms with Crippen LogP contribution >= 0.6 is 0 Å². The highest BCUT2D eigenvalue weighted by atomic mass is 16.5. The van der Waals surface area contributed by atoms with E-state index < -0.39 is 11.4 Å². The first-order chi connectivity index (χ1) is 9.41. The van der Waals surface area contributed by atoms with Crippen LogP contribution in [0.2, 0.25) is 0 Å². The Morgan fingerprint density at radius 2 is 2.30 bits per heavy atom. The van der Waals surface area contributed by atoms with Crippen molar-refractivity contribution >= 4 is 11.8 Å². The molecule has 1 heterocycles. The first-order valence-corrected chi connectivity index (χ1v) is 6.90. The molecule has 1 fully saturated rings. The molecule has 110 valence electrons. The van der Waals surface area contributed by atoms with Gasteiger partial charge in [0, 0.05) is 6.04 Å². The molecule has 1 aromatic heterocycles. The second-order valence-corrected chi connectivity index (χ2v) is 5.72. The Balaban J connectivity index is 2.11. The zero-order chi connectivity index (χ0) is 14.8. The van der Waals surface area contributed by atoms with Crippen LogP contribution in [-0.2, 0) is 4.79 Å². The number of ether oxygens (including phenoxy) is 1. The third-order valence-electron chi connectivity index (χ3n) is 3.74. The highest BCUT2D eigenvalue weighted by Gasteiger charge is 2.45. The Morgan fingerprint density at radius 3 is 2.95 bits per heavy atom. The van der Waals surface area contributed by atoms with Gasteiger partial charge in [0.1, 0.15) is 5.82 Å². The van der Waals surface area contributed by atoms with E-state index in [2.05, 4.69) is 15.3 Å². The number of hydrogen-bond acceptors (Lipinski definition) is 5. The number of carboxylic acids is 1. The number of carboxylic acid groups (broad SMARTS) is 1. The molecule has 0 bridgehead atoms. The highest BCUT2D eigenvalue weighted by molar-refractivity contribution is 5.76. The van der Waals surface area contributed by atoms with E-state index in [0.29, 0.717) is 18.1 Å². The average Bonchev–Trinajstić information content (AvgIpc) is 2.72. The van der Waals surface area contributed by atoms with Gasteiger partial charge in [0.2, 0.25) is 5.88 Å². The molecule has 1 aromatic rings. The van der Waals surface area contributed by atoms with Gasteiger partial charge < -0.3 is 15.2 Å². The third kappa shape index (κ3) is 3.00. The van der Waals surface area contributed by atoms with Gasteiger partial charge in [-0.05, 0) is 33.6 Å². The van der Waals surface area contributed by atoms with E-state index in [0.717, 1.165) is 12.8 Å². The van der Waals surface area contributed by atoms with Gasteiger partial charge in [-0.15, -0.1) is 0 Å². The van der Waals surface area contributed by atoms with Crippen molar-refractivity contribution in [1.29, 1.82) is 0 Å². The molecule has 1 saturated carbocycles. The van der Waals surface area contributed by atoms with E-state index in [-0.39, 0.29) is 12.1 Å². The number of carbonyl (C=O) groups is 1. The Hall–Kier alpha value is -1.85. The summed E-state index contributed by atoms with van der Waals surface area (Å²) in [4.78, 5) is 19.8. The van der Waals surface area contributed by atoms with Crippen LogP contribution < -0.4 is 10.1 Å². The first kappa shape index (κ1) is 14.6. The van der Waals surface area contributed by atoms with Gasteiger partial charge in [0.05, 0.1) is 23.9 Å². The molecule has 0 saturated heterocycles. The van der Waals surface area contributed by atoms with Crippen molar-refractivity contribution in [3.63, 3.8) is 0 Å². The predicted octanol–water partition coefficient (Wildman–Crippen LogP) is 2.32. The standard InChI is InChI=1S/C14H21N3O3/c1-9(2)20-12-8-15-7-11(17-12)16-10-5-4-6-14(10,3)13(18)19/h7-10H,4-6H2,1-3H3,(H,16,17)(H,18,19). The van der Waals surface area contributed by atoms with Crippen LogP contribution in [0.4, 0.5) is 5.82 Å². The SMILES string of the molecule is CC(C)Oc1cncc(NC2CCCC2(C)C(=O)O)n1. The van der Waals surface area contributed by atoms with E-state index in [4.69, 9.17) is 4.74 Å². The molecular weight excluding hydrogens is 258 g/mol. The lowest BCUT2D eigenvalue weighted by molar-refractivity contribution is -0.147. The van der Waals surface area contributed by atoms with Gasteiger partial charge in [-0.2, -0.15) is 4.98 Å². The Kier molecular flexibility index (Phi) is 4.11. The highest BCUT2D eigenvalue weighted by Crippen LogP contribution is 2.39. The van der Waals surface area contributed by atoms with Crippen molar-refractivity contribution in [2.45, 2.75) is 52.2 Å². The lowest BCUT2D eigenvalue weighted by atomic mass is 9.85. The summed E-state index contributed by atoms with van der Waals surface area (Å²) in [5.41, 5.74) is -0.753. The fourth-order valence-electron chi connectivity index (χ4n) is 2.55. The van der Waals surface area contributed by atoms with Gasteiger partial charge >= 0.3 is 5.97 Å². The summed E-state index contributed by atoms with van der Waals surface area (Å²) < 4.78 is 5.49. The summed E-state index contributed by atoms with van der Waals surface area (Å²) in [6.07, 6.45) is 5.56. The van der Waals surface area contributed by atoms with Crippen LogP contribution in [0.15, 0.2) is 12.4 Å². The van der Waals surface area contributed by atoms with E-state index in [1.807, 2.05) is 13.8 Å². The summed E-state index contributed by atoms with van der Waals surface area (Å²) >= 11 is 0. The van der Waals surface area contributed by atoms with Crippen LogP contribution in [0.5, 0.6) is 5.88 Å². The maximum atomic E-state index is 11.4. The van der Waals surface area contributed by atoms with E-state index in [9.17, 15) is 9.90 Å². The molecule has 0 amide bonds. The number of aromatic nitrogens is 2. The number of aliphatic carboxylic acids is 1. The number of hydrogen-bond donors (Lipinski definition) is 2. The first-order valence-electron chi connectivity index (χ1n) is 6.90. The number of rotatable bonds is 5. The molecule has 2 atom stereocenters. The molecule has 2 unspecified atom stereocenters. The average molecular weight is 279 g/mol. The summed E-state index contributed by atoms with van der Waals surface area (Å²) in [5.74, 6) is 0.234. The van der Waals surface area contributed by atoms with E-state index in [1.54, 1.807) is 19.3 Å². The van der Waals surface area contributed by atoms with Gasteiger partial charge in [-0.3, -0.25) is 9.78 Å². The summed E-state index contributed by atoms with van der Waals surface area (Å²) in [7, 11) is 0. The smallest absolute Gasteiger partial charge is 0.311 e. The molecule has 20 heavy (non-hydrogen) atoms.